The van der Waals surface area contributed by atoms with E-state index in [0.29, 0.717) is 0 Å². The Morgan fingerprint density at radius 2 is 2.12 bits per heavy atom. The number of carbonyl (C=O) groups excluding carboxylic acids is 3. The lowest BCUT2D eigenvalue weighted by Gasteiger charge is -2.36. The standard InChI is InChI=1S/C17H16O7/c1-8-17-15(21)13-10(4-3-5-11(13)18)14(20)16(17,24-17)7-9(23-8)6-12(19)22-2/h3-5,8-9,18H,6-7H2,1-2H3/t8-,9-,16-,17-/m1/s1. The average molecular weight is 332 g/mol. The van der Waals surface area contributed by atoms with Crippen LogP contribution in [0.25, 0.3) is 0 Å². The van der Waals surface area contributed by atoms with E-state index in [0.717, 1.165) is 0 Å². The predicted molar refractivity (Wildman–Crippen MR) is 78.9 cm³/mol. The molecule has 7 heteroatoms. The zero-order chi connectivity index (χ0) is 17.3. The van der Waals surface area contributed by atoms with Crippen LogP contribution in [-0.2, 0) is 19.0 Å². The molecule has 1 aromatic carbocycles. The highest BCUT2D eigenvalue weighted by Crippen LogP contribution is 2.63. The van der Waals surface area contributed by atoms with Gasteiger partial charge in [0.05, 0.1) is 31.3 Å². The van der Waals surface area contributed by atoms with Crippen molar-refractivity contribution in [1.82, 2.24) is 0 Å². The second-order valence-corrected chi connectivity index (χ2v) is 6.41. The summed E-state index contributed by atoms with van der Waals surface area (Å²) >= 11 is 0. The number of rotatable bonds is 2. The number of hydrogen-bond acceptors (Lipinski definition) is 7. The number of hydrogen-bond donors (Lipinski definition) is 1. The summed E-state index contributed by atoms with van der Waals surface area (Å²) in [6.45, 7) is 1.64. The third kappa shape index (κ3) is 1.61. The number of esters is 1. The van der Waals surface area contributed by atoms with Crippen LogP contribution in [0, 0.1) is 0 Å². The van der Waals surface area contributed by atoms with Crippen molar-refractivity contribution in [3.63, 3.8) is 0 Å². The molecule has 1 aromatic rings. The molecule has 2 saturated heterocycles. The molecule has 0 spiro atoms. The fourth-order valence-corrected chi connectivity index (χ4v) is 4.09. The molecular formula is C17H16O7. The Kier molecular flexibility index (Phi) is 2.96. The zero-order valence-electron chi connectivity index (χ0n) is 13.2. The highest BCUT2D eigenvalue weighted by molar-refractivity contribution is 6.26. The van der Waals surface area contributed by atoms with Gasteiger partial charge in [0.15, 0.2) is 17.0 Å². The molecular weight excluding hydrogens is 316 g/mol. The number of benzene rings is 1. The van der Waals surface area contributed by atoms with Crippen molar-refractivity contribution in [3.8, 4) is 5.75 Å². The Labute approximate surface area is 137 Å². The highest BCUT2D eigenvalue weighted by atomic mass is 16.7. The van der Waals surface area contributed by atoms with Crippen LogP contribution in [0.1, 0.15) is 40.5 Å². The van der Waals surface area contributed by atoms with Gasteiger partial charge >= 0.3 is 5.97 Å². The average Bonchev–Trinajstić information content (AvgIpc) is 3.25. The monoisotopic (exact) mass is 332 g/mol. The second kappa shape index (κ2) is 4.64. The van der Waals surface area contributed by atoms with E-state index < -0.39 is 35.2 Å². The van der Waals surface area contributed by atoms with Crippen molar-refractivity contribution in [2.75, 3.05) is 7.11 Å². The number of epoxide rings is 1. The largest absolute Gasteiger partial charge is 0.507 e. The number of phenolic OH excluding ortho intramolecular Hbond substituents is 1. The van der Waals surface area contributed by atoms with Gasteiger partial charge in [-0.05, 0) is 13.0 Å². The quantitative estimate of drug-likeness (QED) is 0.637. The molecule has 2 heterocycles. The first-order valence-electron chi connectivity index (χ1n) is 7.71. The van der Waals surface area contributed by atoms with Gasteiger partial charge in [0.1, 0.15) is 5.75 Å². The zero-order valence-corrected chi connectivity index (χ0v) is 13.2. The first-order chi connectivity index (χ1) is 11.4. The topological polar surface area (TPSA) is 102 Å². The van der Waals surface area contributed by atoms with E-state index in [2.05, 4.69) is 4.74 Å². The van der Waals surface area contributed by atoms with Gasteiger partial charge < -0.3 is 19.3 Å². The lowest BCUT2D eigenvalue weighted by molar-refractivity contribution is -0.146. The molecule has 4 atom stereocenters. The molecule has 0 radical (unpaired) electrons. The van der Waals surface area contributed by atoms with Gasteiger partial charge in [0.2, 0.25) is 5.78 Å². The molecule has 2 fully saturated rings. The number of fused-ring (bicyclic) bond motifs is 1. The molecule has 0 saturated carbocycles. The predicted octanol–water partition coefficient (Wildman–Crippen LogP) is 1.02. The van der Waals surface area contributed by atoms with Gasteiger partial charge in [-0.15, -0.1) is 0 Å². The Balaban J connectivity index is 1.78. The maximum absolute atomic E-state index is 13.0. The van der Waals surface area contributed by atoms with E-state index >= 15 is 0 Å². The van der Waals surface area contributed by atoms with Gasteiger partial charge in [-0.25, -0.2) is 0 Å². The molecule has 3 aliphatic rings. The van der Waals surface area contributed by atoms with E-state index in [1.165, 1.54) is 25.3 Å². The minimum atomic E-state index is -1.41. The molecule has 7 nitrogen and oxygen atoms in total. The molecule has 0 bridgehead atoms. The van der Waals surface area contributed by atoms with Crippen LogP contribution in [0.2, 0.25) is 0 Å². The van der Waals surface area contributed by atoms with Crippen LogP contribution in [0.4, 0.5) is 0 Å². The summed E-state index contributed by atoms with van der Waals surface area (Å²) < 4.78 is 16.2. The molecule has 1 N–H and O–H groups in total. The smallest absolute Gasteiger partial charge is 0.308 e. The molecule has 24 heavy (non-hydrogen) atoms. The highest BCUT2D eigenvalue weighted by Gasteiger charge is 2.85. The number of carbonyl (C=O) groups is 3. The van der Waals surface area contributed by atoms with Gasteiger partial charge in [-0.2, -0.15) is 0 Å². The van der Waals surface area contributed by atoms with Crippen LogP contribution in [0.5, 0.6) is 5.75 Å². The maximum Gasteiger partial charge on any atom is 0.308 e. The Hall–Kier alpha value is -2.25. The molecule has 1 aliphatic carbocycles. The summed E-state index contributed by atoms with van der Waals surface area (Å²) in [5.41, 5.74) is -2.60. The summed E-state index contributed by atoms with van der Waals surface area (Å²) in [5, 5.41) is 10.0. The summed E-state index contributed by atoms with van der Waals surface area (Å²) in [7, 11) is 1.28. The van der Waals surface area contributed by atoms with Crippen molar-refractivity contribution in [2.24, 2.45) is 0 Å². The number of ether oxygens (including phenoxy) is 3. The molecule has 0 aromatic heterocycles. The van der Waals surface area contributed by atoms with Crippen LogP contribution >= 0.6 is 0 Å². The summed E-state index contributed by atoms with van der Waals surface area (Å²) in [4.78, 5) is 37.5. The number of phenols is 1. The van der Waals surface area contributed by atoms with Crippen LogP contribution in [0.15, 0.2) is 18.2 Å². The SMILES string of the molecule is COC(=O)C[C@@H]1C[C@]23O[C@@]2(C(=O)c2c(O)cccc2C3=O)[C@@H](C)O1. The molecule has 0 amide bonds. The Morgan fingerprint density at radius 3 is 2.83 bits per heavy atom. The normalized spacial score (nSPS) is 36.4. The van der Waals surface area contributed by atoms with Crippen LogP contribution in [-0.4, -0.2) is 53.2 Å². The van der Waals surface area contributed by atoms with Crippen LogP contribution in [0.3, 0.4) is 0 Å². The van der Waals surface area contributed by atoms with Crippen molar-refractivity contribution in [2.45, 2.75) is 43.2 Å². The van der Waals surface area contributed by atoms with Crippen molar-refractivity contribution < 1.29 is 33.7 Å². The Bertz CT molecular complexity index is 785. The summed E-state index contributed by atoms with van der Waals surface area (Å²) in [5.74, 6) is -1.49. The van der Waals surface area contributed by atoms with Gasteiger partial charge in [-0.1, -0.05) is 12.1 Å². The third-order valence-electron chi connectivity index (χ3n) is 5.22. The van der Waals surface area contributed by atoms with Crippen molar-refractivity contribution in [1.29, 1.82) is 0 Å². The minimum Gasteiger partial charge on any atom is -0.507 e. The molecule has 2 aliphatic heterocycles. The fraction of sp³-hybridized carbons (Fsp3) is 0.471. The van der Waals surface area contributed by atoms with E-state index in [1.807, 2.05) is 0 Å². The lowest BCUT2D eigenvalue weighted by Crippen LogP contribution is -2.57. The first-order valence-corrected chi connectivity index (χ1v) is 7.71. The van der Waals surface area contributed by atoms with E-state index in [4.69, 9.17) is 9.47 Å². The third-order valence-corrected chi connectivity index (χ3v) is 5.22. The van der Waals surface area contributed by atoms with E-state index in [1.54, 1.807) is 6.92 Å². The molecule has 126 valence electrons. The second-order valence-electron chi connectivity index (χ2n) is 6.41. The summed E-state index contributed by atoms with van der Waals surface area (Å²) in [6, 6.07) is 4.38. The number of aromatic hydroxyl groups is 1. The summed E-state index contributed by atoms with van der Waals surface area (Å²) in [6.07, 6.45) is -1.20. The number of Topliss-reactive ketones (excluding diaryl/α,β-unsaturated/α-hetero) is 2. The van der Waals surface area contributed by atoms with Gasteiger partial charge in [0, 0.05) is 12.0 Å². The number of ketones is 2. The lowest BCUT2D eigenvalue weighted by atomic mass is 9.68. The van der Waals surface area contributed by atoms with Crippen molar-refractivity contribution >= 4 is 17.5 Å². The molecule has 0 unspecified atom stereocenters. The van der Waals surface area contributed by atoms with Crippen LogP contribution < -0.4 is 0 Å². The molecule has 4 rings (SSSR count). The van der Waals surface area contributed by atoms with E-state index in [9.17, 15) is 19.5 Å². The fourth-order valence-electron chi connectivity index (χ4n) is 4.09. The number of methoxy groups -OCH3 is 1. The van der Waals surface area contributed by atoms with Crippen molar-refractivity contribution in [3.05, 3.63) is 29.3 Å². The van der Waals surface area contributed by atoms with Gasteiger partial charge in [-0.3, -0.25) is 14.4 Å². The maximum atomic E-state index is 13.0. The first kappa shape index (κ1) is 15.3. The minimum absolute atomic E-state index is 0.0162. The van der Waals surface area contributed by atoms with Gasteiger partial charge in [0.25, 0.3) is 0 Å². The van der Waals surface area contributed by atoms with E-state index in [-0.39, 0.29) is 35.5 Å². The Morgan fingerprint density at radius 1 is 1.38 bits per heavy atom.